The molecule has 2 aromatic rings. The van der Waals surface area contributed by atoms with Gasteiger partial charge in [0.15, 0.2) is 0 Å². The highest BCUT2D eigenvalue weighted by Gasteiger charge is 2.50. The van der Waals surface area contributed by atoms with Crippen molar-refractivity contribution in [2.24, 2.45) is 0 Å². The molecule has 0 aliphatic carbocycles. The molecule has 2 amide bonds. The second-order valence-electron chi connectivity index (χ2n) is 8.81. The molecule has 1 aromatic heterocycles. The monoisotopic (exact) mass is 566 g/mol. The van der Waals surface area contributed by atoms with Gasteiger partial charge in [0.05, 0.1) is 28.3 Å². The zero-order valence-electron chi connectivity index (χ0n) is 19.5. The Morgan fingerprint density at radius 3 is 2.53 bits per heavy atom. The van der Waals surface area contributed by atoms with E-state index in [2.05, 4.69) is 31.5 Å². The Balaban J connectivity index is 1.65. The minimum atomic E-state index is -3.41. The van der Waals surface area contributed by atoms with Crippen molar-refractivity contribution in [1.29, 1.82) is 0 Å². The Kier molecular flexibility index (Phi) is 7.38. The normalized spacial score (nSPS) is 19.2. The Morgan fingerprint density at radius 1 is 1.14 bits per heavy atom. The lowest BCUT2D eigenvalue weighted by Crippen LogP contribution is -2.40. The fourth-order valence-corrected chi connectivity index (χ4v) is 4.91. The average molecular weight is 567 g/mol. The summed E-state index contributed by atoms with van der Waals surface area (Å²) in [7, 11) is 1.64. The number of aromatic nitrogens is 1. The summed E-state index contributed by atoms with van der Waals surface area (Å²) < 4.78 is 30.5. The zero-order valence-corrected chi connectivity index (χ0v) is 21.1. The van der Waals surface area contributed by atoms with Gasteiger partial charge in [-0.15, -0.1) is 0 Å². The van der Waals surface area contributed by atoms with E-state index < -0.39 is 47.5 Å². The largest absolute Gasteiger partial charge is 0.387 e. The molecule has 2 aliphatic rings. The van der Waals surface area contributed by atoms with E-state index >= 15 is 8.78 Å². The molecule has 0 bridgehead atoms. The molecular weight excluding hydrogens is 542 g/mol. The molecule has 3 heterocycles. The van der Waals surface area contributed by atoms with E-state index in [1.807, 2.05) is 0 Å². The number of nitro groups is 1. The number of benzene rings is 1. The van der Waals surface area contributed by atoms with Crippen LogP contribution >= 0.6 is 15.9 Å². The summed E-state index contributed by atoms with van der Waals surface area (Å²) in [6, 6.07) is 2.43. The molecule has 36 heavy (non-hydrogen) atoms. The zero-order chi connectivity index (χ0) is 26.0. The summed E-state index contributed by atoms with van der Waals surface area (Å²) >= 11 is 3.19. The van der Waals surface area contributed by atoms with Gasteiger partial charge in [0, 0.05) is 49.6 Å². The molecule has 10 nitrogen and oxygen atoms in total. The van der Waals surface area contributed by atoms with Gasteiger partial charge < -0.3 is 20.4 Å². The van der Waals surface area contributed by atoms with E-state index in [9.17, 15) is 19.7 Å². The van der Waals surface area contributed by atoms with Gasteiger partial charge in [0.2, 0.25) is 0 Å². The molecule has 1 atom stereocenters. The SMILES string of the molecule is CNc1cncc(C(=O)N2CC(Nc3c(C(=O)N4CCCCC4)cc(Br)cc3[N+](=O)[O-])C(F)(F)C2)c1. The van der Waals surface area contributed by atoms with Crippen LogP contribution in [0, 0.1) is 10.1 Å². The fraction of sp³-hybridized carbons (Fsp3) is 0.435. The molecule has 0 spiro atoms. The number of carbonyl (C=O) groups is 2. The van der Waals surface area contributed by atoms with Crippen molar-refractivity contribution < 1.29 is 23.3 Å². The van der Waals surface area contributed by atoms with Crippen molar-refractivity contribution in [3.05, 3.63) is 56.3 Å². The molecule has 13 heteroatoms. The number of carbonyl (C=O) groups excluding carboxylic acids is 2. The predicted molar refractivity (Wildman–Crippen MR) is 133 cm³/mol. The van der Waals surface area contributed by atoms with Crippen molar-refractivity contribution in [2.45, 2.75) is 31.2 Å². The maximum atomic E-state index is 15.1. The van der Waals surface area contributed by atoms with Crippen LogP contribution in [0.2, 0.25) is 0 Å². The molecule has 0 radical (unpaired) electrons. The first kappa shape index (κ1) is 25.7. The van der Waals surface area contributed by atoms with Crippen LogP contribution in [-0.4, -0.2) is 76.7 Å². The molecular formula is C23H25BrF2N6O4. The molecule has 1 unspecified atom stereocenters. The molecule has 2 saturated heterocycles. The van der Waals surface area contributed by atoms with Gasteiger partial charge in [0.25, 0.3) is 23.4 Å². The van der Waals surface area contributed by atoms with E-state index in [4.69, 9.17) is 0 Å². The minimum absolute atomic E-state index is 0.0653. The number of anilines is 2. The number of halogens is 3. The lowest BCUT2D eigenvalue weighted by Gasteiger charge is -2.28. The maximum absolute atomic E-state index is 15.1. The Labute approximate surface area is 214 Å². The van der Waals surface area contributed by atoms with E-state index in [-0.39, 0.29) is 21.3 Å². The molecule has 4 rings (SSSR count). The summed E-state index contributed by atoms with van der Waals surface area (Å²) in [5.41, 5.74) is -0.168. The summed E-state index contributed by atoms with van der Waals surface area (Å²) in [6.07, 6.45) is 5.35. The van der Waals surface area contributed by atoms with Gasteiger partial charge in [-0.1, -0.05) is 15.9 Å². The topological polar surface area (TPSA) is 121 Å². The molecule has 1 aromatic carbocycles. The summed E-state index contributed by atoms with van der Waals surface area (Å²) in [5.74, 6) is -4.51. The van der Waals surface area contributed by atoms with Crippen molar-refractivity contribution in [1.82, 2.24) is 14.8 Å². The van der Waals surface area contributed by atoms with Crippen molar-refractivity contribution in [2.75, 3.05) is 43.9 Å². The highest BCUT2D eigenvalue weighted by molar-refractivity contribution is 9.10. The van der Waals surface area contributed by atoms with Crippen LogP contribution in [-0.2, 0) is 0 Å². The number of nitrogens with zero attached hydrogens (tertiary/aromatic N) is 4. The van der Waals surface area contributed by atoms with Crippen LogP contribution in [0.25, 0.3) is 0 Å². The third-order valence-electron chi connectivity index (χ3n) is 6.35. The highest BCUT2D eigenvalue weighted by Crippen LogP contribution is 2.38. The van der Waals surface area contributed by atoms with Crippen LogP contribution in [0.3, 0.4) is 0 Å². The van der Waals surface area contributed by atoms with Gasteiger partial charge in [-0.25, -0.2) is 8.78 Å². The first-order valence-electron chi connectivity index (χ1n) is 11.4. The van der Waals surface area contributed by atoms with Gasteiger partial charge in [-0.3, -0.25) is 24.7 Å². The highest BCUT2D eigenvalue weighted by atomic mass is 79.9. The Morgan fingerprint density at radius 2 is 1.86 bits per heavy atom. The Bertz CT molecular complexity index is 1190. The minimum Gasteiger partial charge on any atom is -0.387 e. The standard InChI is InChI=1S/C23H25BrF2N6O4/c1-27-16-7-14(10-28-11-16)21(33)31-12-19(23(25,26)13-31)29-20-17(8-15(24)9-18(20)32(35)36)22(34)30-5-3-2-4-6-30/h7-11,19,27,29H,2-6,12-13H2,1H3. The summed E-state index contributed by atoms with van der Waals surface area (Å²) in [5, 5.41) is 17.2. The Hall–Kier alpha value is -3.35. The van der Waals surface area contributed by atoms with E-state index in [1.54, 1.807) is 11.9 Å². The first-order valence-corrected chi connectivity index (χ1v) is 12.2. The van der Waals surface area contributed by atoms with Crippen molar-refractivity contribution in [3.8, 4) is 0 Å². The lowest BCUT2D eigenvalue weighted by molar-refractivity contribution is -0.384. The third-order valence-corrected chi connectivity index (χ3v) is 6.80. The van der Waals surface area contributed by atoms with Gasteiger partial charge in [-0.2, -0.15) is 0 Å². The number of hydrogen-bond acceptors (Lipinski definition) is 7. The molecule has 192 valence electrons. The number of likely N-dealkylation sites (tertiary alicyclic amines) is 2. The second-order valence-corrected chi connectivity index (χ2v) is 9.73. The van der Waals surface area contributed by atoms with E-state index in [0.717, 1.165) is 24.2 Å². The van der Waals surface area contributed by atoms with Crippen molar-refractivity contribution >= 4 is 44.8 Å². The number of nitrogens with one attached hydrogen (secondary N) is 2. The average Bonchev–Trinajstić information content (AvgIpc) is 3.17. The van der Waals surface area contributed by atoms with E-state index in [1.165, 1.54) is 30.6 Å². The van der Waals surface area contributed by atoms with Crippen LogP contribution in [0.5, 0.6) is 0 Å². The number of alkyl halides is 2. The fourth-order valence-electron chi connectivity index (χ4n) is 4.46. The summed E-state index contributed by atoms with van der Waals surface area (Å²) in [6.45, 7) is -0.326. The first-order chi connectivity index (χ1) is 17.1. The smallest absolute Gasteiger partial charge is 0.294 e. The lowest BCUT2D eigenvalue weighted by atomic mass is 10.1. The number of amides is 2. The molecule has 2 fully saturated rings. The van der Waals surface area contributed by atoms with Gasteiger partial charge >= 0.3 is 0 Å². The second kappa shape index (κ2) is 10.3. The predicted octanol–water partition coefficient (Wildman–Crippen LogP) is 3.99. The van der Waals surface area contributed by atoms with Crippen LogP contribution in [0.15, 0.2) is 35.1 Å². The number of rotatable bonds is 6. The van der Waals surface area contributed by atoms with Crippen LogP contribution in [0.1, 0.15) is 40.0 Å². The third kappa shape index (κ3) is 5.25. The van der Waals surface area contributed by atoms with Gasteiger partial charge in [0.1, 0.15) is 11.7 Å². The molecule has 2 aliphatic heterocycles. The number of piperidine rings is 1. The number of pyridine rings is 1. The quantitative estimate of drug-likeness (QED) is 0.400. The number of hydrogen-bond donors (Lipinski definition) is 2. The van der Waals surface area contributed by atoms with Crippen LogP contribution < -0.4 is 10.6 Å². The molecule has 2 N–H and O–H groups in total. The van der Waals surface area contributed by atoms with Gasteiger partial charge in [-0.05, 0) is 31.4 Å². The maximum Gasteiger partial charge on any atom is 0.294 e. The van der Waals surface area contributed by atoms with Crippen LogP contribution in [0.4, 0.5) is 25.8 Å². The van der Waals surface area contributed by atoms with E-state index in [0.29, 0.717) is 18.8 Å². The number of nitro benzene ring substituents is 1. The summed E-state index contributed by atoms with van der Waals surface area (Å²) in [4.78, 5) is 43.8. The van der Waals surface area contributed by atoms with Crippen molar-refractivity contribution in [3.63, 3.8) is 0 Å². The molecule has 0 saturated carbocycles.